The molecule has 0 atom stereocenters. The highest BCUT2D eigenvalue weighted by Gasteiger charge is 2.29. The summed E-state index contributed by atoms with van der Waals surface area (Å²) in [6, 6.07) is 7.98. The highest BCUT2D eigenvalue weighted by atomic mass is 16.6. The van der Waals surface area contributed by atoms with Gasteiger partial charge in [-0.05, 0) is 45.0 Å². The zero-order valence-electron chi connectivity index (χ0n) is 12.1. The highest BCUT2D eigenvalue weighted by Crippen LogP contribution is 2.21. The van der Waals surface area contributed by atoms with E-state index < -0.39 is 5.60 Å². The summed E-state index contributed by atoms with van der Waals surface area (Å²) in [6.07, 6.45) is 4.97. The molecular weight excluding hydrogens is 252 g/mol. The SMILES string of the molecule is C#Cc1ccc(N2CC(NC(=O)OC(C)(C)C)C2)cc1. The summed E-state index contributed by atoms with van der Waals surface area (Å²) in [7, 11) is 0. The third kappa shape index (κ3) is 3.67. The van der Waals surface area contributed by atoms with Gasteiger partial charge in [0.1, 0.15) is 5.60 Å². The lowest BCUT2D eigenvalue weighted by Gasteiger charge is -2.41. The van der Waals surface area contributed by atoms with Crippen molar-refractivity contribution >= 4 is 11.8 Å². The van der Waals surface area contributed by atoms with Gasteiger partial charge in [0.05, 0.1) is 6.04 Å². The van der Waals surface area contributed by atoms with Crippen molar-refractivity contribution in [3.05, 3.63) is 29.8 Å². The van der Waals surface area contributed by atoms with E-state index in [1.807, 2.05) is 45.0 Å². The molecule has 1 aromatic rings. The van der Waals surface area contributed by atoms with Crippen LogP contribution in [0.2, 0.25) is 0 Å². The number of anilines is 1. The second-order valence-corrected chi connectivity index (χ2v) is 5.94. The minimum atomic E-state index is -0.460. The molecule has 1 heterocycles. The van der Waals surface area contributed by atoms with Gasteiger partial charge in [0.25, 0.3) is 0 Å². The Balaban J connectivity index is 1.79. The lowest BCUT2D eigenvalue weighted by Crippen LogP contribution is -2.60. The fourth-order valence-corrected chi connectivity index (χ4v) is 2.02. The van der Waals surface area contributed by atoms with E-state index in [0.29, 0.717) is 0 Å². The van der Waals surface area contributed by atoms with E-state index in [9.17, 15) is 4.79 Å². The molecule has 1 aromatic carbocycles. The fraction of sp³-hybridized carbons (Fsp3) is 0.438. The summed E-state index contributed by atoms with van der Waals surface area (Å²) in [5.74, 6) is 2.59. The molecule has 20 heavy (non-hydrogen) atoms. The van der Waals surface area contributed by atoms with Crippen molar-refractivity contribution in [3.8, 4) is 12.3 Å². The van der Waals surface area contributed by atoms with Crippen LogP contribution < -0.4 is 10.2 Å². The Labute approximate surface area is 120 Å². The molecule has 1 amide bonds. The van der Waals surface area contributed by atoms with Crippen molar-refractivity contribution in [1.29, 1.82) is 0 Å². The van der Waals surface area contributed by atoms with E-state index >= 15 is 0 Å². The molecule has 0 bridgehead atoms. The number of ether oxygens (including phenoxy) is 1. The maximum absolute atomic E-state index is 11.6. The van der Waals surface area contributed by atoms with Crippen molar-refractivity contribution in [2.75, 3.05) is 18.0 Å². The number of alkyl carbamates (subject to hydrolysis) is 1. The van der Waals surface area contributed by atoms with Gasteiger partial charge in [-0.1, -0.05) is 5.92 Å². The monoisotopic (exact) mass is 272 g/mol. The van der Waals surface area contributed by atoms with Crippen LogP contribution in [-0.2, 0) is 4.74 Å². The number of hydrogen-bond donors (Lipinski definition) is 1. The first-order valence-electron chi connectivity index (χ1n) is 6.68. The largest absolute Gasteiger partial charge is 0.444 e. The molecular formula is C16H20N2O2. The zero-order chi connectivity index (χ0) is 14.8. The number of nitrogens with one attached hydrogen (secondary N) is 1. The van der Waals surface area contributed by atoms with Crippen molar-refractivity contribution < 1.29 is 9.53 Å². The molecule has 106 valence electrons. The van der Waals surface area contributed by atoms with Crippen molar-refractivity contribution in [3.63, 3.8) is 0 Å². The van der Waals surface area contributed by atoms with Crippen molar-refractivity contribution in [2.45, 2.75) is 32.4 Å². The topological polar surface area (TPSA) is 41.6 Å². The standard InChI is InChI=1S/C16H20N2O2/c1-5-12-6-8-14(9-7-12)18-10-13(11-18)17-15(19)20-16(2,3)4/h1,6-9,13H,10-11H2,2-4H3,(H,17,19). The first-order chi connectivity index (χ1) is 9.37. The molecule has 1 N–H and O–H groups in total. The molecule has 0 spiro atoms. The van der Waals surface area contributed by atoms with Gasteiger partial charge < -0.3 is 15.0 Å². The Kier molecular flexibility index (Phi) is 3.89. The molecule has 4 nitrogen and oxygen atoms in total. The number of carbonyl (C=O) groups is 1. The second-order valence-electron chi connectivity index (χ2n) is 5.94. The number of hydrogen-bond acceptors (Lipinski definition) is 3. The van der Waals surface area contributed by atoms with Gasteiger partial charge in [-0.2, -0.15) is 0 Å². The maximum Gasteiger partial charge on any atom is 0.407 e. The van der Waals surface area contributed by atoms with Gasteiger partial charge in [0.15, 0.2) is 0 Å². The lowest BCUT2D eigenvalue weighted by atomic mass is 10.1. The zero-order valence-corrected chi connectivity index (χ0v) is 12.1. The Morgan fingerprint density at radius 3 is 2.45 bits per heavy atom. The molecule has 1 saturated heterocycles. The van der Waals surface area contributed by atoms with Crippen molar-refractivity contribution in [1.82, 2.24) is 5.32 Å². The summed E-state index contributed by atoms with van der Waals surface area (Å²) in [5.41, 5.74) is 1.53. The molecule has 1 aliphatic heterocycles. The predicted molar refractivity (Wildman–Crippen MR) is 79.7 cm³/mol. The summed E-state index contributed by atoms with van der Waals surface area (Å²) >= 11 is 0. The third-order valence-corrected chi connectivity index (χ3v) is 3.00. The van der Waals surface area contributed by atoms with Crippen LogP contribution in [0.15, 0.2) is 24.3 Å². The van der Waals surface area contributed by atoms with Gasteiger partial charge in [-0.25, -0.2) is 4.79 Å². The molecule has 2 rings (SSSR count). The Morgan fingerprint density at radius 2 is 1.95 bits per heavy atom. The van der Waals surface area contributed by atoms with E-state index in [1.165, 1.54) is 0 Å². The minimum Gasteiger partial charge on any atom is -0.444 e. The molecule has 1 aliphatic rings. The van der Waals surface area contributed by atoms with Crippen LogP contribution in [0.25, 0.3) is 0 Å². The predicted octanol–water partition coefficient (Wildman–Crippen LogP) is 2.38. The summed E-state index contributed by atoms with van der Waals surface area (Å²) < 4.78 is 5.22. The summed E-state index contributed by atoms with van der Waals surface area (Å²) in [5, 5.41) is 2.86. The summed E-state index contributed by atoms with van der Waals surface area (Å²) in [4.78, 5) is 13.8. The number of benzene rings is 1. The Hall–Kier alpha value is -2.15. The number of amides is 1. The maximum atomic E-state index is 11.6. The van der Waals surface area contributed by atoms with E-state index in [4.69, 9.17) is 11.2 Å². The molecule has 0 radical (unpaired) electrons. The van der Waals surface area contributed by atoms with Gasteiger partial charge in [0.2, 0.25) is 0 Å². The van der Waals surface area contributed by atoms with Gasteiger partial charge >= 0.3 is 6.09 Å². The molecule has 4 heteroatoms. The number of nitrogens with zero attached hydrogens (tertiary/aromatic N) is 1. The number of terminal acetylenes is 1. The quantitative estimate of drug-likeness (QED) is 0.840. The van der Waals surface area contributed by atoms with Crippen LogP contribution in [0.5, 0.6) is 0 Å². The summed E-state index contributed by atoms with van der Waals surface area (Å²) in [6.45, 7) is 7.13. The highest BCUT2D eigenvalue weighted by molar-refractivity contribution is 5.69. The third-order valence-electron chi connectivity index (χ3n) is 3.00. The van der Waals surface area contributed by atoms with Crippen LogP contribution in [-0.4, -0.2) is 30.8 Å². The van der Waals surface area contributed by atoms with E-state index in [-0.39, 0.29) is 12.1 Å². The molecule has 0 unspecified atom stereocenters. The normalized spacial score (nSPS) is 15.2. The second kappa shape index (κ2) is 5.46. The van der Waals surface area contributed by atoms with Gasteiger partial charge in [-0.15, -0.1) is 6.42 Å². The molecule has 1 fully saturated rings. The van der Waals surface area contributed by atoms with Crippen LogP contribution in [0.1, 0.15) is 26.3 Å². The lowest BCUT2D eigenvalue weighted by molar-refractivity contribution is 0.0496. The Bertz CT molecular complexity index is 517. The van der Waals surface area contributed by atoms with Crippen LogP contribution >= 0.6 is 0 Å². The Morgan fingerprint density at radius 1 is 1.35 bits per heavy atom. The number of rotatable bonds is 2. The van der Waals surface area contributed by atoms with Crippen LogP contribution in [0, 0.1) is 12.3 Å². The van der Waals surface area contributed by atoms with E-state index in [0.717, 1.165) is 24.3 Å². The van der Waals surface area contributed by atoms with Crippen molar-refractivity contribution in [2.24, 2.45) is 0 Å². The fourth-order valence-electron chi connectivity index (χ4n) is 2.02. The van der Waals surface area contributed by atoms with E-state index in [1.54, 1.807) is 0 Å². The average molecular weight is 272 g/mol. The minimum absolute atomic E-state index is 0.136. The van der Waals surface area contributed by atoms with Gasteiger partial charge in [0, 0.05) is 24.3 Å². The first-order valence-corrected chi connectivity index (χ1v) is 6.68. The number of carbonyl (C=O) groups excluding carboxylic acids is 1. The molecule has 0 saturated carbocycles. The van der Waals surface area contributed by atoms with Gasteiger partial charge in [-0.3, -0.25) is 0 Å². The molecule has 0 aliphatic carbocycles. The van der Waals surface area contributed by atoms with E-state index in [2.05, 4.69) is 16.1 Å². The van der Waals surface area contributed by atoms with Crippen LogP contribution in [0.3, 0.4) is 0 Å². The first kappa shape index (κ1) is 14.3. The smallest absolute Gasteiger partial charge is 0.407 e. The molecule has 0 aromatic heterocycles. The average Bonchev–Trinajstić information content (AvgIpc) is 2.31. The van der Waals surface area contributed by atoms with Crippen LogP contribution in [0.4, 0.5) is 10.5 Å².